The average Bonchev–Trinajstić information content (AvgIpc) is 2.95. The molecule has 0 radical (unpaired) electrons. The van der Waals surface area contributed by atoms with E-state index in [1.165, 1.54) is 30.2 Å². The molecule has 0 atom stereocenters. The topological polar surface area (TPSA) is 57.2 Å². The van der Waals surface area contributed by atoms with Gasteiger partial charge in [0.2, 0.25) is 5.91 Å². The molecule has 3 rings (SSSR count). The van der Waals surface area contributed by atoms with Gasteiger partial charge >= 0.3 is 0 Å². The van der Waals surface area contributed by atoms with Crippen LogP contribution in [0.1, 0.15) is 44.1 Å². The van der Waals surface area contributed by atoms with Crippen molar-refractivity contribution in [2.24, 2.45) is 5.10 Å². The lowest BCUT2D eigenvalue weighted by molar-refractivity contribution is -0.121. The van der Waals surface area contributed by atoms with Crippen LogP contribution in [0.2, 0.25) is 0 Å². The lowest BCUT2D eigenvalue weighted by atomic mass is 9.99. The number of nitrogens with zero attached hydrogens (tertiary/aromatic N) is 1. The van der Waals surface area contributed by atoms with Crippen molar-refractivity contribution >= 4 is 22.5 Å². The number of hydrazone groups is 1. The summed E-state index contributed by atoms with van der Waals surface area (Å²) in [7, 11) is 0. The van der Waals surface area contributed by atoms with Gasteiger partial charge in [-0.15, -0.1) is 0 Å². The van der Waals surface area contributed by atoms with Crippen LogP contribution in [0.25, 0.3) is 10.9 Å². The van der Waals surface area contributed by atoms with Crippen molar-refractivity contribution in [1.82, 2.24) is 10.4 Å². The van der Waals surface area contributed by atoms with E-state index in [0.29, 0.717) is 6.42 Å². The number of hydrogen-bond donors (Lipinski definition) is 2. The lowest BCUT2D eigenvalue weighted by Crippen LogP contribution is -2.20. The molecule has 1 fully saturated rings. The second kappa shape index (κ2) is 6.57. The summed E-state index contributed by atoms with van der Waals surface area (Å²) in [6.07, 6.45) is 8.94. The van der Waals surface area contributed by atoms with E-state index >= 15 is 0 Å². The molecule has 2 aromatic rings. The number of carbonyl (C=O) groups is 1. The molecule has 1 aliphatic rings. The van der Waals surface area contributed by atoms with E-state index in [0.717, 1.165) is 30.5 Å². The van der Waals surface area contributed by atoms with Crippen LogP contribution in [0.3, 0.4) is 0 Å². The van der Waals surface area contributed by atoms with Crippen molar-refractivity contribution in [3.05, 3.63) is 36.0 Å². The van der Waals surface area contributed by atoms with Crippen molar-refractivity contribution in [2.45, 2.75) is 44.9 Å². The second-order valence-corrected chi connectivity index (χ2v) is 5.63. The predicted octanol–water partition coefficient (Wildman–Crippen LogP) is 3.54. The van der Waals surface area contributed by atoms with Gasteiger partial charge in [0.15, 0.2) is 0 Å². The summed E-state index contributed by atoms with van der Waals surface area (Å²) < 4.78 is 0. The average molecular weight is 283 g/mol. The van der Waals surface area contributed by atoms with Crippen LogP contribution in [-0.4, -0.2) is 16.6 Å². The van der Waals surface area contributed by atoms with Gasteiger partial charge in [0.25, 0.3) is 0 Å². The van der Waals surface area contributed by atoms with Gasteiger partial charge < -0.3 is 4.98 Å². The number of fused-ring (bicyclic) bond motifs is 1. The number of aromatic nitrogens is 1. The smallest absolute Gasteiger partial charge is 0.240 e. The summed E-state index contributed by atoms with van der Waals surface area (Å²) in [6, 6.07) is 8.17. The molecule has 1 heterocycles. The Morgan fingerprint density at radius 3 is 2.86 bits per heavy atom. The predicted molar refractivity (Wildman–Crippen MR) is 85.3 cm³/mol. The highest BCUT2D eigenvalue weighted by atomic mass is 16.2. The van der Waals surface area contributed by atoms with Crippen LogP contribution in [0.4, 0.5) is 0 Å². The zero-order valence-corrected chi connectivity index (χ0v) is 12.2. The van der Waals surface area contributed by atoms with Gasteiger partial charge in [0.1, 0.15) is 0 Å². The maximum atomic E-state index is 11.9. The molecule has 1 aromatic carbocycles. The van der Waals surface area contributed by atoms with Gasteiger partial charge in [-0.1, -0.05) is 24.6 Å². The molecule has 1 aliphatic carbocycles. The van der Waals surface area contributed by atoms with Gasteiger partial charge in [-0.3, -0.25) is 4.79 Å². The van der Waals surface area contributed by atoms with Gasteiger partial charge in [-0.2, -0.15) is 5.10 Å². The van der Waals surface area contributed by atoms with E-state index in [9.17, 15) is 4.79 Å². The number of amides is 1. The molecule has 1 saturated carbocycles. The van der Waals surface area contributed by atoms with E-state index in [-0.39, 0.29) is 5.91 Å². The van der Waals surface area contributed by atoms with Crippen molar-refractivity contribution in [2.75, 3.05) is 0 Å². The summed E-state index contributed by atoms with van der Waals surface area (Å²) in [5, 5.41) is 5.45. The zero-order chi connectivity index (χ0) is 14.5. The summed E-state index contributed by atoms with van der Waals surface area (Å²) >= 11 is 0. The number of benzene rings is 1. The number of nitrogens with one attached hydrogen (secondary N) is 2. The summed E-state index contributed by atoms with van der Waals surface area (Å²) in [5.74, 6) is -0.00152. The van der Waals surface area contributed by atoms with E-state index in [4.69, 9.17) is 0 Å². The third-order valence-corrected chi connectivity index (χ3v) is 4.07. The quantitative estimate of drug-likeness (QED) is 0.828. The molecule has 110 valence electrons. The molecule has 4 heteroatoms. The third kappa shape index (κ3) is 3.51. The Balaban J connectivity index is 1.53. The molecule has 1 aromatic heterocycles. The van der Waals surface area contributed by atoms with Crippen LogP contribution in [0, 0.1) is 0 Å². The SMILES string of the molecule is O=C(CCc1c[nH]c2ccccc12)NN=C1CCCCC1. The van der Waals surface area contributed by atoms with E-state index < -0.39 is 0 Å². The van der Waals surface area contributed by atoms with Crippen LogP contribution in [0.15, 0.2) is 35.6 Å². The summed E-state index contributed by atoms with van der Waals surface area (Å²) in [4.78, 5) is 15.1. The fourth-order valence-electron chi connectivity index (χ4n) is 2.86. The third-order valence-electron chi connectivity index (χ3n) is 4.07. The van der Waals surface area contributed by atoms with Crippen LogP contribution >= 0.6 is 0 Å². The second-order valence-electron chi connectivity index (χ2n) is 5.63. The summed E-state index contributed by atoms with van der Waals surface area (Å²) in [6.45, 7) is 0. The van der Waals surface area contributed by atoms with Crippen LogP contribution < -0.4 is 5.43 Å². The molecule has 0 spiro atoms. The van der Waals surface area contributed by atoms with E-state index in [1.54, 1.807) is 0 Å². The highest BCUT2D eigenvalue weighted by molar-refractivity contribution is 5.87. The number of aromatic amines is 1. The minimum absolute atomic E-state index is 0.00152. The van der Waals surface area contributed by atoms with Crippen molar-refractivity contribution in [1.29, 1.82) is 0 Å². The van der Waals surface area contributed by atoms with E-state index in [2.05, 4.69) is 21.6 Å². The van der Waals surface area contributed by atoms with Crippen molar-refractivity contribution in [3.63, 3.8) is 0 Å². The Kier molecular flexibility index (Phi) is 4.34. The number of hydrogen-bond acceptors (Lipinski definition) is 2. The zero-order valence-electron chi connectivity index (χ0n) is 12.2. The molecule has 0 aliphatic heterocycles. The molecular weight excluding hydrogens is 262 g/mol. The standard InChI is InChI=1S/C17H21N3O/c21-17(20-19-14-6-2-1-3-7-14)11-10-13-12-18-16-9-5-4-8-15(13)16/h4-5,8-9,12,18H,1-3,6-7,10-11H2,(H,20,21). The van der Waals surface area contributed by atoms with Gasteiger partial charge in [-0.05, 0) is 43.7 Å². The first-order valence-electron chi connectivity index (χ1n) is 7.72. The van der Waals surface area contributed by atoms with Crippen molar-refractivity contribution in [3.8, 4) is 0 Å². The fraction of sp³-hybridized carbons (Fsp3) is 0.412. The number of rotatable bonds is 4. The van der Waals surface area contributed by atoms with Crippen LogP contribution in [0.5, 0.6) is 0 Å². The van der Waals surface area contributed by atoms with E-state index in [1.807, 2.05) is 24.4 Å². The monoisotopic (exact) mass is 283 g/mol. The maximum absolute atomic E-state index is 11.9. The number of H-pyrrole nitrogens is 1. The Morgan fingerprint density at radius 1 is 1.19 bits per heavy atom. The molecule has 0 bridgehead atoms. The Labute approximate surface area is 124 Å². The van der Waals surface area contributed by atoms with Gasteiger partial charge in [-0.25, -0.2) is 5.43 Å². The molecule has 1 amide bonds. The first kappa shape index (κ1) is 13.9. The number of carbonyl (C=O) groups excluding carboxylic acids is 1. The fourth-order valence-corrected chi connectivity index (χ4v) is 2.86. The minimum Gasteiger partial charge on any atom is -0.361 e. The van der Waals surface area contributed by atoms with Gasteiger partial charge in [0.05, 0.1) is 0 Å². The number of para-hydroxylation sites is 1. The Bertz CT molecular complexity index is 649. The number of aryl methyl sites for hydroxylation is 1. The van der Waals surface area contributed by atoms with Crippen LogP contribution in [-0.2, 0) is 11.2 Å². The minimum atomic E-state index is -0.00152. The van der Waals surface area contributed by atoms with Gasteiger partial charge in [0, 0.05) is 29.2 Å². The first-order valence-corrected chi connectivity index (χ1v) is 7.72. The van der Waals surface area contributed by atoms with Crippen molar-refractivity contribution < 1.29 is 4.79 Å². The summed E-state index contributed by atoms with van der Waals surface area (Å²) in [5.41, 5.74) is 6.15. The molecule has 2 N–H and O–H groups in total. The molecule has 4 nitrogen and oxygen atoms in total. The highest BCUT2D eigenvalue weighted by Gasteiger charge is 2.09. The Hall–Kier alpha value is -2.10. The molecule has 21 heavy (non-hydrogen) atoms. The lowest BCUT2D eigenvalue weighted by Gasteiger charge is -2.11. The largest absolute Gasteiger partial charge is 0.361 e. The Morgan fingerprint density at radius 2 is 2.00 bits per heavy atom. The normalized spacial score (nSPS) is 15.1. The molecule has 0 saturated heterocycles. The maximum Gasteiger partial charge on any atom is 0.240 e. The highest BCUT2D eigenvalue weighted by Crippen LogP contribution is 2.19. The first-order chi connectivity index (χ1) is 10.3. The molecule has 0 unspecified atom stereocenters. The molecular formula is C17H21N3O.